The molecule has 1 heteroatoms. The third-order valence-electron chi connectivity index (χ3n) is 11.9. The molecule has 0 N–H and O–H groups in total. The lowest BCUT2D eigenvalue weighted by Gasteiger charge is -2.56. The summed E-state index contributed by atoms with van der Waals surface area (Å²) in [5.74, 6) is 9.49. The molecule has 1 nitrogen and oxygen atoms in total. The minimum absolute atomic E-state index is 0.719. The van der Waals surface area contributed by atoms with Gasteiger partial charge in [-0.15, -0.1) is 0 Å². The largest absolute Gasteiger partial charge is 0.300 e. The Morgan fingerprint density at radius 3 is 2.43 bits per heavy atom. The Labute approximate surface area is 174 Å². The van der Waals surface area contributed by atoms with Gasteiger partial charge in [-0.25, -0.2) is 0 Å². The summed E-state index contributed by atoms with van der Waals surface area (Å²) in [5, 5.41) is 0. The summed E-state index contributed by atoms with van der Waals surface area (Å²) in [6, 6.07) is 0.929. The second-order valence-corrected chi connectivity index (χ2v) is 12.8. The lowest BCUT2D eigenvalue weighted by atomic mass is 9.52. The van der Waals surface area contributed by atoms with E-state index < -0.39 is 0 Å². The van der Waals surface area contributed by atoms with Gasteiger partial charge in [-0.2, -0.15) is 0 Å². The summed E-state index contributed by atoms with van der Waals surface area (Å²) >= 11 is 0. The van der Waals surface area contributed by atoms with Crippen LogP contribution in [0.15, 0.2) is 0 Å². The predicted octanol–water partition coefficient (Wildman–Crippen LogP) is 6.62. The van der Waals surface area contributed by atoms with Crippen molar-refractivity contribution in [2.45, 2.75) is 97.4 Å². The Hall–Kier alpha value is -0.0400. The van der Waals surface area contributed by atoms with Gasteiger partial charge in [-0.1, -0.05) is 33.6 Å². The van der Waals surface area contributed by atoms with Gasteiger partial charge >= 0.3 is 0 Å². The molecule has 2 aliphatic heterocycles. The Balaban J connectivity index is 1.27. The molecular weight excluding hydrogens is 338 g/mol. The zero-order chi connectivity index (χ0) is 19.0. The highest BCUT2D eigenvalue weighted by atomic mass is 15.2. The molecule has 0 spiro atoms. The van der Waals surface area contributed by atoms with Crippen LogP contribution < -0.4 is 0 Å². The zero-order valence-corrected chi connectivity index (χ0v) is 18.9. The normalized spacial score (nSPS) is 58.8. The number of rotatable bonds is 0. The Morgan fingerprint density at radius 1 is 0.714 bits per heavy atom. The molecule has 0 aromatic heterocycles. The first-order chi connectivity index (χ1) is 13.6. The van der Waals surface area contributed by atoms with Crippen molar-refractivity contribution in [1.29, 1.82) is 0 Å². The third-order valence-corrected chi connectivity index (χ3v) is 11.9. The molecule has 6 rings (SSSR count). The van der Waals surface area contributed by atoms with E-state index in [0.717, 1.165) is 64.7 Å². The predicted molar refractivity (Wildman–Crippen MR) is 117 cm³/mol. The molecule has 2 heterocycles. The van der Waals surface area contributed by atoms with Crippen LogP contribution in [0.5, 0.6) is 0 Å². The SMILES string of the molecule is CC1[C@H]2CC[C@@H]3C(CC4[C@H]3CC[C@@H]3CCCC[C@]43C)[C@@H]2CN2C[C@@H](C)CC[C@@H]12. The molecule has 6 aliphatic rings. The smallest absolute Gasteiger partial charge is 0.0124 e. The average molecular weight is 384 g/mol. The molecule has 0 aromatic rings. The highest BCUT2D eigenvalue weighted by Gasteiger charge is 2.60. The lowest BCUT2D eigenvalue weighted by molar-refractivity contribution is -0.0728. The minimum Gasteiger partial charge on any atom is -0.300 e. The molecule has 28 heavy (non-hydrogen) atoms. The average Bonchev–Trinajstić information content (AvgIpc) is 3.08. The van der Waals surface area contributed by atoms with Crippen LogP contribution in [0.3, 0.4) is 0 Å². The first-order valence-electron chi connectivity index (χ1n) is 13.3. The molecule has 4 saturated carbocycles. The molecule has 0 amide bonds. The van der Waals surface area contributed by atoms with Crippen molar-refractivity contribution in [3.05, 3.63) is 0 Å². The molecule has 0 aromatic carbocycles. The summed E-state index contributed by atoms with van der Waals surface area (Å²) in [6.07, 6.45) is 17.1. The maximum atomic E-state index is 3.00. The van der Waals surface area contributed by atoms with Crippen LogP contribution in [0, 0.1) is 58.7 Å². The maximum Gasteiger partial charge on any atom is 0.0124 e. The number of fused-ring (bicyclic) bond motifs is 8. The van der Waals surface area contributed by atoms with Crippen LogP contribution in [0.4, 0.5) is 0 Å². The molecule has 11 atom stereocenters. The number of piperidine rings is 2. The van der Waals surface area contributed by atoms with E-state index in [2.05, 4.69) is 25.7 Å². The zero-order valence-electron chi connectivity index (χ0n) is 18.9. The Kier molecular flexibility index (Phi) is 4.50. The van der Waals surface area contributed by atoms with Crippen molar-refractivity contribution in [3.63, 3.8) is 0 Å². The highest BCUT2D eigenvalue weighted by Crippen LogP contribution is 2.67. The monoisotopic (exact) mass is 383 g/mol. The van der Waals surface area contributed by atoms with Crippen molar-refractivity contribution in [3.8, 4) is 0 Å². The van der Waals surface area contributed by atoms with E-state index in [1.807, 2.05) is 0 Å². The fourth-order valence-corrected chi connectivity index (χ4v) is 10.6. The van der Waals surface area contributed by atoms with Crippen LogP contribution in [-0.2, 0) is 0 Å². The van der Waals surface area contributed by atoms with E-state index in [-0.39, 0.29) is 0 Å². The van der Waals surface area contributed by atoms with Crippen molar-refractivity contribution < 1.29 is 0 Å². The number of hydrogen-bond donors (Lipinski definition) is 0. The highest BCUT2D eigenvalue weighted by molar-refractivity contribution is 5.09. The van der Waals surface area contributed by atoms with Gasteiger partial charge in [0.1, 0.15) is 0 Å². The fraction of sp³-hybridized carbons (Fsp3) is 1.00. The van der Waals surface area contributed by atoms with Crippen LogP contribution in [0.1, 0.15) is 91.4 Å². The molecule has 4 aliphatic carbocycles. The fourth-order valence-electron chi connectivity index (χ4n) is 10.6. The first-order valence-corrected chi connectivity index (χ1v) is 13.3. The van der Waals surface area contributed by atoms with Crippen LogP contribution in [0.2, 0.25) is 0 Å². The number of hydrogen-bond acceptors (Lipinski definition) is 1. The molecule has 2 saturated heterocycles. The molecule has 0 bridgehead atoms. The molecular formula is C27H45N. The van der Waals surface area contributed by atoms with Gasteiger partial charge in [-0.05, 0) is 116 Å². The van der Waals surface area contributed by atoms with Gasteiger partial charge in [0, 0.05) is 19.1 Å². The number of nitrogens with zero attached hydrogens (tertiary/aromatic N) is 1. The van der Waals surface area contributed by atoms with Crippen molar-refractivity contribution in [1.82, 2.24) is 4.90 Å². The lowest BCUT2D eigenvalue weighted by Crippen LogP contribution is -2.58. The first kappa shape index (κ1) is 18.7. The van der Waals surface area contributed by atoms with Crippen molar-refractivity contribution in [2.75, 3.05) is 13.1 Å². The van der Waals surface area contributed by atoms with Gasteiger partial charge in [0.2, 0.25) is 0 Å². The van der Waals surface area contributed by atoms with Crippen molar-refractivity contribution >= 4 is 0 Å². The quantitative estimate of drug-likeness (QED) is 0.454. The van der Waals surface area contributed by atoms with E-state index >= 15 is 0 Å². The van der Waals surface area contributed by atoms with Gasteiger partial charge in [0.15, 0.2) is 0 Å². The second-order valence-electron chi connectivity index (χ2n) is 12.8. The van der Waals surface area contributed by atoms with Gasteiger partial charge in [0.05, 0.1) is 0 Å². The van der Waals surface area contributed by atoms with E-state index in [4.69, 9.17) is 0 Å². The minimum atomic E-state index is 0.719. The molecule has 3 unspecified atom stereocenters. The van der Waals surface area contributed by atoms with E-state index in [1.54, 1.807) is 44.9 Å². The van der Waals surface area contributed by atoms with Crippen molar-refractivity contribution in [2.24, 2.45) is 58.7 Å². The van der Waals surface area contributed by atoms with Gasteiger partial charge < -0.3 is 0 Å². The molecule has 6 fully saturated rings. The summed E-state index contributed by atoms with van der Waals surface area (Å²) in [6.45, 7) is 10.8. The summed E-state index contributed by atoms with van der Waals surface area (Å²) < 4.78 is 0. The van der Waals surface area contributed by atoms with Gasteiger partial charge in [0.25, 0.3) is 0 Å². The van der Waals surface area contributed by atoms with E-state index in [0.29, 0.717) is 0 Å². The second kappa shape index (κ2) is 6.73. The topological polar surface area (TPSA) is 3.24 Å². The summed E-state index contributed by atoms with van der Waals surface area (Å²) in [7, 11) is 0. The summed E-state index contributed by atoms with van der Waals surface area (Å²) in [5.41, 5.74) is 0.719. The Morgan fingerprint density at radius 2 is 1.54 bits per heavy atom. The van der Waals surface area contributed by atoms with E-state index in [9.17, 15) is 0 Å². The summed E-state index contributed by atoms with van der Waals surface area (Å²) in [4.78, 5) is 3.00. The van der Waals surface area contributed by atoms with E-state index in [1.165, 1.54) is 38.8 Å². The van der Waals surface area contributed by atoms with Crippen LogP contribution in [0.25, 0.3) is 0 Å². The van der Waals surface area contributed by atoms with Crippen LogP contribution in [-0.4, -0.2) is 24.0 Å². The standard InChI is InChI=1S/C27H45N/c1-17-7-12-26-18(2)20-10-11-21-22-9-8-19-6-4-5-13-27(19,3)25(22)14-23(21)24(20)16-28(26)15-17/h17-26H,4-16H2,1-3H3/t17-,18?,19-,20+,21-,22-,23?,24+,25?,26-,27-/m0/s1. The Bertz CT molecular complexity index is 597. The maximum absolute atomic E-state index is 3.00. The third kappa shape index (κ3) is 2.59. The van der Waals surface area contributed by atoms with Crippen LogP contribution >= 0.6 is 0 Å². The molecule has 158 valence electrons. The van der Waals surface area contributed by atoms with Gasteiger partial charge in [-0.3, -0.25) is 4.90 Å². The molecule has 0 radical (unpaired) electrons.